The van der Waals surface area contributed by atoms with Crippen LogP contribution in [0.5, 0.6) is 0 Å². The Bertz CT molecular complexity index is 1150. The molecule has 3 rings (SSSR count). The molecule has 32 heavy (non-hydrogen) atoms. The second-order valence-corrected chi connectivity index (χ2v) is 10.0. The summed E-state index contributed by atoms with van der Waals surface area (Å²) in [6, 6.07) is 16.1. The zero-order valence-electron chi connectivity index (χ0n) is 17.0. The lowest BCUT2D eigenvalue weighted by Crippen LogP contribution is -2.34. The van der Waals surface area contributed by atoms with Crippen LogP contribution >= 0.6 is 22.9 Å². The molecule has 0 bridgehead atoms. The monoisotopic (exact) mass is 491 g/mol. The summed E-state index contributed by atoms with van der Waals surface area (Å²) in [5, 5.41) is 7.87. The fourth-order valence-electron chi connectivity index (χ4n) is 2.79. The molecular weight excluding hydrogens is 470 g/mol. The third kappa shape index (κ3) is 6.89. The summed E-state index contributed by atoms with van der Waals surface area (Å²) < 4.78 is 27.4. The molecule has 3 N–H and O–H groups in total. The number of benzene rings is 2. The average molecular weight is 492 g/mol. The fourth-order valence-corrected chi connectivity index (χ4v) is 4.66. The molecule has 0 atom stereocenters. The zero-order valence-corrected chi connectivity index (χ0v) is 19.4. The Labute approximate surface area is 195 Å². The first-order valence-electron chi connectivity index (χ1n) is 9.79. The number of hydrogen-bond donors (Lipinski definition) is 3. The van der Waals surface area contributed by atoms with Gasteiger partial charge < -0.3 is 10.6 Å². The van der Waals surface area contributed by atoms with Crippen LogP contribution in [0.2, 0.25) is 5.02 Å². The second kappa shape index (κ2) is 11.2. The van der Waals surface area contributed by atoms with Crippen LogP contribution < -0.4 is 15.4 Å². The van der Waals surface area contributed by atoms with E-state index in [4.69, 9.17) is 11.6 Å². The van der Waals surface area contributed by atoms with E-state index in [1.54, 1.807) is 35.6 Å². The van der Waals surface area contributed by atoms with Crippen LogP contribution in [0.1, 0.15) is 25.6 Å². The quantitative estimate of drug-likeness (QED) is 0.379. The number of amides is 2. The van der Waals surface area contributed by atoms with Crippen molar-refractivity contribution < 1.29 is 18.0 Å². The molecule has 1 heterocycles. The lowest BCUT2D eigenvalue weighted by Gasteiger charge is -2.09. The van der Waals surface area contributed by atoms with Crippen molar-refractivity contribution in [2.24, 2.45) is 0 Å². The summed E-state index contributed by atoms with van der Waals surface area (Å²) >= 11 is 7.37. The maximum Gasteiger partial charge on any atom is 0.251 e. The molecule has 0 unspecified atom stereocenters. The van der Waals surface area contributed by atoms with E-state index in [2.05, 4.69) is 15.4 Å². The van der Waals surface area contributed by atoms with Gasteiger partial charge in [-0.2, -0.15) is 0 Å². The van der Waals surface area contributed by atoms with Crippen LogP contribution in [-0.4, -0.2) is 39.9 Å². The summed E-state index contributed by atoms with van der Waals surface area (Å²) in [5.41, 5.74) is 0.799. The zero-order chi connectivity index (χ0) is 23.0. The number of thiophene rings is 1. The van der Waals surface area contributed by atoms with Gasteiger partial charge in [-0.05, 0) is 66.4 Å². The molecule has 0 saturated heterocycles. The van der Waals surface area contributed by atoms with Crippen LogP contribution in [0.15, 0.2) is 70.9 Å². The fraction of sp³-hybridized carbons (Fsp3) is 0.182. The van der Waals surface area contributed by atoms with Crippen LogP contribution in [0.3, 0.4) is 0 Å². The Morgan fingerprint density at radius 1 is 0.812 bits per heavy atom. The topological polar surface area (TPSA) is 104 Å². The summed E-state index contributed by atoms with van der Waals surface area (Å²) in [7, 11) is -3.65. The highest BCUT2D eigenvalue weighted by molar-refractivity contribution is 7.89. The van der Waals surface area contributed by atoms with Gasteiger partial charge in [-0.3, -0.25) is 9.59 Å². The van der Waals surface area contributed by atoms with Crippen molar-refractivity contribution in [3.63, 3.8) is 0 Å². The summed E-state index contributed by atoms with van der Waals surface area (Å²) in [6.07, 6.45) is 0.617. The maximum absolute atomic E-state index is 12.4. The Hall–Kier alpha value is -2.72. The summed E-state index contributed by atoms with van der Waals surface area (Å²) in [6.45, 7) is 0.767. The molecular formula is C22H22ClN3O4S2. The van der Waals surface area contributed by atoms with Gasteiger partial charge >= 0.3 is 0 Å². The molecule has 1 aromatic heterocycles. The van der Waals surface area contributed by atoms with Crippen LogP contribution in [-0.2, 0) is 16.4 Å². The number of hydrogen-bond acceptors (Lipinski definition) is 5. The van der Waals surface area contributed by atoms with Crippen molar-refractivity contribution in [2.45, 2.75) is 11.3 Å². The molecule has 3 aromatic rings. The van der Waals surface area contributed by atoms with E-state index >= 15 is 0 Å². The van der Waals surface area contributed by atoms with Gasteiger partial charge in [0, 0.05) is 40.7 Å². The van der Waals surface area contributed by atoms with Crippen molar-refractivity contribution in [1.82, 2.24) is 15.4 Å². The molecule has 7 nitrogen and oxygen atoms in total. The first-order valence-corrected chi connectivity index (χ1v) is 12.5. The van der Waals surface area contributed by atoms with Crippen molar-refractivity contribution in [1.29, 1.82) is 0 Å². The van der Waals surface area contributed by atoms with Gasteiger partial charge in [0.25, 0.3) is 11.8 Å². The van der Waals surface area contributed by atoms with E-state index in [-0.39, 0.29) is 29.8 Å². The number of halogens is 1. The van der Waals surface area contributed by atoms with E-state index < -0.39 is 10.0 Å². The largest absolute Gasteiger partial charge is 0.350 e. The number of carbonyl (C=O) groups is 2. The van der Waals surface area contributed by atoms with Gasteiger partial charge in [-0.25, -0.2) is 13.1 Å². The Balaban J connectivity index is 1.43. The van der Waals surface area contributed by atoms with Gasteiger partial charge in [-0.15, -0.1) is 11.3 Å². The lowest BCUT2D eigenvalue weighted by atomic mass is 10.2. The third-order valence-corrected chi connectivity index (χ3v) is 7.14. The smallest absolute Gasteiger partial charge is 0.251 e. The third-order valence-electron chi connectivity index (χ3n) is 4.47. The molecule has 10 heteroatoms. The second-order valence-electron chi connectivity index (χ2n) is 6.77. The summed E-state index contributed by atoms with van der Waals surface area (Å²) in [4.78, 5) is 25.5. The van der Waals surface area contributed by atoms with Crippen molar-refractivity contribution in [2.75, 3.05) is 19.6 Å². The van der Waals surface area contributed by atoms with Gasteiger partial charge in [0.05, 0.1) is 4.90 Å². The maximum atomic E-state index is 12.4. The first-order chi connectivity index (χ1) is 15.3. The molecule has 168 valence electrons. The Kier molecular flexibility index (Phi) is 8.40. The van der Waals surface area contributed by atoms with Crippen molar-refractivity contribution in [3.8, 4) is 0 Å². The van der Waals surface area contributed by atoms with E-state index in [0.29, 0.717) is 29.1 Å². The minimum absolute atomic E-state index is 0.0930. The van der Waals surface area contributed by atoms with E-state index in [1.165, 1.54) is 24.3 Å². The van der Waals surface area contributed by atoms with Gasteiger partial charge in [0.2, 0.25) is 10.0 Å². The molecule has 0 fully saturated rings. The molecule has 2 amide bonds. The van der Waals surface area contributed by atoms with E-state index in [9.17, 15) is 18.0 Å². The molecule has 0 saturated carbocycles. The predicted octanol–water partition coefficient (Wildman–Crippen LogP) is 3.08. The van der Waals surface area contributed by atoms with Crippen LogP contribution in [0.4, 0.5) is 0 Å². The standard InChI is InChI=1S/C22H22ClN3O4S2/c23-18-7-3-16(4-8-18)21(27)24-13-14-25-22(28)17-5-9-20(10-6-17)32(29,30)26-12-11-19-2-1-15-31-19/h1-10,15,26H,11-14H2,(H,24,27)(H,25,28). The Morgan fingerprint density at radius 2 is 1.38 bits per heavy atom. The van der Waals surface area contributed by atoms with Crippen molar-refractivity contribution in [3.05, 3.63) is 87.1 Å². The van der Waals surface area contributed by atoms with Gasteiger partial charge in [0.1, 0.15) is 0 Å². The number of sulfonamides is 1. The number of rotatable bonds is 10. The normalized spacial score (nSPS) is 11.2. The minimum atomic E-state index is -3.65. The van der Waals surface area contributed by atoms with Crippen LogP contribution in [0, 0.1) is 0 Å². The minimum Gasteiger partial charge on any atom is -0.350 e. The number of carbonyl (C=O) groups excluding carboxylic acids is 2. The highest BCUT2D eigenvalue weighted by Crippen LogP contribution is 2.12. The molecule has 0 aliphatic carbocycles. The van der Waals surface area contributed by atoms with Gasteiger partial charge in [0.15, 0.2) is 0 Å². The van der Waals surface area contributed by atoms with Gasteiger partial charge in [-0.1, -0.05) is 17.7 Å². The Morgan fingerprint density at radius 3 is 1.91 bits per heavy atom. The highest BCUT2D eigenvalue weighted by atomic mass is 35.5. The lowest BCUT2D eigenvalue weighted by molar-refractivity contribution is 0.0927. The highest BCUT2D eigenvalue weighted by Gasteiger charge is 2.15. The molecule has 0 radical (unpaired) electrons. The summed E-state index contributed by atoms with van der Waals surface area (Å²) in [5.74, 6) is -0.627. The van der Waals surface area contributed by atoms with Crippen molar-refractivity contribution >= 4 is 44.8 Å². The number of nitrogens with one attached hydrogen (secondary N) is 3. The molecule has 0 spiro atoms. The van der Waals surface area contributed by atoms with E-state index in [1.807, 2.05) is 17.5 Å². The predicted molar refractivity (Wildman–Crippen MR) is 126 cm³/mol. The molecule has 0 aliphatic rings. The molecule has 2 aromatic carbocycles. The van der Waals surface area contributed by atoms with E-state index in [0.717, 1.165) is 4.88 Å². The van der Waals surface area contributed by atoms with Crippen LogP contribution in [0.25, 0.3) is 0 Å². The average Bonchev–Trinajstić information content (AvgIpc) is 3.30. The SMILES string of the molecule is O=C(NCCNC(=O)c1ccc(S(=O)(=O)NCCc2cccs2)cc1)c1ccc(Cl)cc1. The molecule has 0 aliphatic heterocycles. The first kappa shape index (κ1) is 23.9.